The Kier molecular flexibility index (Phi) is 4.52. The number of methoxy groups -OCH3 is 1. The fourth-order valence-corrected chi connectivity index (χ4v) is 3.05. The Morgan fingerprint density at radius 3 is 2.71 bits per heavy atom. The number of hydrogen-bond donors (Lipinski definition) is 0. The van der Waals surface area contributed by atoms with Crippen LogP contribution in [0.5, 0.6) is 0 Å². The third-order valence-corrected chi connectivity index (χ3v) is 4.28. The summed E-state index contributed by atoms with van der Waals surface area (Å²) in [6, 6.07) is 7.27. The molecule has 0 amide bonds. The van der Waals surface area contributed by atoms with Crippen LogP contribution >= 0.6 is 11.3 Å². The molecule has 0 atom stereocenters. The number of carbonyl (C=O) groups is 2. The van der Waals surface area contributed by atoms with E-state index in [0.717, 1.165) is 5.69 Å². The average molecular weight is 345 g/mol. The number of furan rings is 1. The number of aromatic nitrogens is 1. The van der Waals surface area contributed by atoms with E-state index in [-0.39, 0.29) is 12.4 Å². The molecule has 7 heteroatoms. The standard InChI is InChI=1S/C17H15NO5S/c1-11-9-12(23-14(11)16(19)21-2)10-22-17(20)15-13(5-8-24-15)18-6-3-4-7-18/h3-9H,10H2,1-2H3. The Bertz CT molecular complexity index is 860. The largest absolute Gasteiger partial charge is 0.463 e. The molecule has 0 saturated heterocycles. The van der Waals surface area contributed by atoms with E-state index in [0.29, 0.717) is 16.2 Å². The molecular weight excluding hydrogens is 330 g/mol. The Morgan fingerprint density at radius 2 is 2.00 bits per heavy atom. The average Bonchev–Trinajstić information content (AvgIpc) is 3.31. The van der Waals surface area contributed by atoms with Crippen molar-refractivity contribution in [3.05, 3.63) is 64.0 Å². The Labute approximate surface area is 142 Å². The van der Waals surface area contributed by atoms with Gasteiger partial charge in [-0.15, -0.1) is 11.3 Å². The van der Waals surface area contributed by atoms with Crippen molar-refractivity contribution in [1.29, 1.82) is 0 Å². The van der Waals surface area contributed by atoms with Crippen LogP contribution in [0.25, 0.3) is 5.69 Å². The molecule has 3 aromatic heterocycles. The van der Waals surface area contributed by atoms with Crippen LogP contribution in [0.1, 0.15) is 31.6 Å². The van der Waals surface area contributed by atoms with Gasteiger partial charge in [0.1, 0.15) is 17.2 Å². The molecule has 0 radical (unpaired) electrons. The molecule has 0 aromatic carbocycles. The summed E-state index contributed by atoms with van der Waals surface area (Å²) < 4.78 is 17.2. The molecule has 24 heavy (non-hydrogen) atoms. The van der Waals surface area contributed by atoms with Crippen LogP contribution in [0.4, 0.5) is 0 Å². The van der Waals surface area contributed by atoms with Crippen LogP contribution in [-0.4, -0.2) is 23.6 Å². The van der Waals surface area contributed by atoms with Crippen molar-refractivity contribution in [2.45, 2.75) is 13.5 Å². The second kappa shape index (κ2) is 6.76. The van der Waals surface area contributed by atoms with E-state index in [1.807, 2.05) is 40.5 Å². The third kappa shape index (κ3) is 3.11. The molecule has 0 saturated carbocycles. The van der Waals surface area contributed by atoms with Gasteiger partial charge in [0, 0.05) is 18.0 Å². The van der Waals surface area contributed by atoms with Gasteiger partial charge in [-0.25, -0.2) is 9.59 Å². The predicted molar refractivity (Wildman–Crippen MR) is 87.6 cm³/mol. The number of rotatable bonds is 5. The highest BCUT2D eigenvalue weighted by Crippen LogP contribution is 2.23. The van der Waals surface area contributed by atoms with Crippen LogP contribution in [-0.2, 0) is 16.1 Å². The van der Waals surface area contributed by atoms with Gasteiger partial charge in [-0.3, -0.25) is 0 Å². The maximum Gasteiger partial charge on any atom is 0.374 e. The van der Waals surface area contributed by atoms with Gasteiger partial charge < -0.3 is 18.5 Å². The summed E-state index contributed by atoms with van der Waals surface area (Å²) in [6.45, 7) is 1.67. The molecule has 6 nitrogen and oxygen atoms in total. The van der Waals surface area contributed by atoms with Crippen molar-refractivity contribution < 1.29 is 23.5 Å². The van der Waals surface area contributed by atoms with Crippen molar-refractivity contribution >= 4 is 23.3 Å². The second-order valence-electron chi connectivity index (χ2n) is 5.02. The number of aryl methyl sites for hydroxylation is 1. The van der Waals surface area contributed by atoms with Gasteiger partial charge in [-0.05, 0) is 36.6 Å². The molecular formula is C17H15NO5S. The zero-order chi connectivity index (χ0) is 17.1. The normalized spacial score (nSPS) is 10.6. The van der Waals surface area contributed by atoms with Crippen molar-refractivity contribution in [3.63, 3.8) is 0 Å². The summed E-state index contributed by atoms with van der Waals surface area (Å²) in [5.74, 6) is -0.492. The number of nitrogens with zero attached hydrogens (tertiary/aromatic N) is 1. The molecule has 0 unspecified atom stereocenters. The third-order valence-electron chi connectivity index (χ3n) is 3.40. The quantitative estimate of drug-likeness (QED) is 0.661. The van der Waals surface area contributed by atoms with Gasteiger partial charge in [0.05, 0.1) is 12.8 Å². The van der Waals surface area contributed by atoms with Crippen LogP contribution in [0.15, 0.2) is 46.5 Å². The van der Waals surface area contributed by atoms with E-state index in [1.54, 1.807) is 13.0 Å². The predicted octanol–water partition coefficient (Wildman–Crippen LogP) is 3.58. The Hall–Kier alpha value is -2.80. The summed E-state index contributed by atoms with van der Waals surface area (Å²) >= 11 is 1.31. The van der Waals surface area contributed by atoms with Gasteiger partial charge in [-0.2, -0.15) is 0 Å². The van der Waals surface area contributed by atoms with E-state index in [9.17, 15) is 9.59 Å². The molecule has 0 N–H and O–H groups in total. The molecule has 0 spiro atoms. The first-order valence-electron chi connectivity index (χ1n) is 7.15. The van der Waals surface area contributed by atoms with Crippen molar-refractivity contribution in [2.75, 3.05) is 7.11 Å². The lowest BCUT2D eigenvalue weighted by molar-refractivity contribution is 0.0444. The van der Waals surface area contributed by atoms with Crippen LogP contribution < -0.4 is 0 Å². The summed E-state index contributed by atoms with van der Waals surface area (Å²) in [5.41, 5.74) is 1.40. The molecule has 0 aliphatic carbocycles. The van der Waals surface area contributed by atoms with E-state index >= 15 is 0 Å². The maximum absolute atomic E-state index is 12.3. The highest BCUT2D eigenvalue weighted by molar-refractivity contribution is 7.12. The van der Waals surface area contributed by atoms with Gasteiger partial charge >= 0.3 is 11.9 Å². The SMILES string of the molecule is COC(=O)c1oc(COC(=O)c2sccc2-n2cccc2)cc1C. The maximum atomic E-state index is 12.3. The minimum atomic E-state index is -0.557. The Balaban J connectivity index is 1.71. The van der Waals surface area contributed by atoms with E-state index < -0.39 is 11.9 Å². The minimum Gasteiger partial charge on any atom is -0.463 e. The molecule has 3 aromatic rings. The number of thiophene rings is 1. The van der Waals surface area contributed by atoms with Crippen molar-refractivity contribution in [1.82, 2.24) is 4.57 Å². The summed E-state index contributed by atoms with van der Waals surface area (Å²) in [6.07, 6.45) is 3.72. The number of ether oxygens (including phenoxy) is 2. The number of esters is 2. The smallest absolute Gasteiger partial charge is 0.374 e. The lowest BCUT2D eigenvalue weighted by atomic mass is 10.2. The first kappa shape index (κ1) is 16.1. The molecule has 3 rings (SSSR count). The molecule has 0 aliphatic heterocycles. The second-order valence-corrected chi connectivity index (χ2v) is 5.93. The molecule has 0 aliphatic rings. The highest BCUT2D eigenvalue weighted by Gasteiger charge is 2.19. The minimum absolute atomic E-state index is 0.0559. The first-order valence-corrected chi connectivity index (χ1v) is 8.03. The zero-order valence-electron chi connectivity index (χ0n) is 13.1. The summed E-state index contributed by atoms with van der Waals surface area (Å²) in [7, 11) is 1.28. The van der Waals surface area contributed by atoms with Crippen molar-refractivity contribution in [2.24, 2.45) is 0 Å². The highest BCUT2D eigenvalue weighted by atomic mass is 32.1. The topological polar surface area (TPSA) is 70.7 Å². The van der Waals surface area contributed by atoms with Crippen molar-refractivity contribution in [3.8, 4) is 5.69 Å². The fraction of sp³-hybridized carbons (Fsp3) is 0.176. The summed E-state index contributed by atoms with van der Waals surface area (Å²) in [5, 5.41) is 1.83. The van der Waals surface area contributed by atoms with Gasteiger partial charge in [0.25, 0.3) is 0 Å². The number of hydrogen-bond acceptors (Lipinski definition) is 6. The molecule has 0 fully saturated rings. The number of carbonyl (C=O) groups excluding carboxylic acids is 2. The molecule has 0 bridgehead atoms. The van der Waals surface area contributed by atoms with Crippen LogP contribution in [0, 0.1) is 6.92 Å². The fourth-order valence-electron chi connectivity index (χ4n) is 2.27. The lowest BCUT2D eigenvalue weighted by Gasteiger charge is -2.05. The van der Waals surface area contributed by atoms with E-state index in [1.165, 1.54) is 18.4 Å². The van der Waals surface area contributed by atoms with Gasteiger partial charge in [-0.1, -0.05) is 0 Å². The van der Waals surface area contributed by atoms with Crippen LogP contribution in [0.2, 0.25) is 0 Å². The molecule has 3 heterocycles. The van der Waals surface area contributed by atoms with Gasteiger partial charge in [0.2, 0.25) is 5.76 Å². The van der Waals surface area contributed by atoms with E-state index in [4.69, 9.17) is 9.15 Å². The Morgan fingerprint density at radius 1 is 1.25 bits per heavy atom. The molecule has 124 valence electrons. The van der Waals surface area contributed by atoms with Gasteiger partial charge in [0.15, 0.2) is 0 Å². The zero-order valence-corrected chi connectivity index (χ0v) is 14.0. The lowest BCUT2D eigenvalue weighted by Crippen LogP contribution is -2.06. The summed E-state index contributed by atoms with van der Waals surface area (Å²) in [4.78, 5) is 24.3. The first-order chi connectivity index (χ1) is 11.6. The monoisotopic (exact) mass is 345 g/mol. The van der Waals surface area contributed by atoms with Crippen LogP contribution in [0.3, 0.4) is 0 Å². The van der Waals surface area contributed by atoms with E-state index in [2.05, 4.69) is 4.74 Å².